The molecule has 2 aromatic carbocycles. The van der Waals surface area contributed by atoms with Crippen molar-refractivity contribution in [2.75, 3.05) is 38.2 Å². The molecule has 1 fully saturated rings. The van der Waals surface area contributed by atoms with Gasteiger partial charge in [-0.15, -0.1) is 0 Å². The van der Waals surface area contributed by atoms with E-state index in [9.17, 15) is 9.59 Å². The third kappa shape index (κ3) is 8.70. The fourth-order valence-corrected chi connectivity index (χ4v) is 4.81. The first kappa shape index (κ1) is 26.2. The van der Waals surface area contributed by atoms with Crippen LogP contribution in [0.15, 0.2) is 60.7 Å². The SMILES string of the molecule is COc1ccc2nc(N(CCN3CCCCC3)Cc3ccccc3)sc2c1.O=C(O)/C=C/C(=O)O. The van der Waals surface area contributed by atoms with Crippen LogP contribution in [0, 0.1) is 0 Å². The number of piperidine rings is 1. The maximum Gasteiger partial charge on any atom is 0.328 e. The predicted octanol–water partition coefficient (Wildman–Crippen LogP) is 4.51. The largest absolute Gasteiger partial charge is 0.497 e. The van der Waals surface area contributed by atoms with Gasteiger partial charge in [-0.2, -0.15) is 0 Å². The van der Waals surface area contributed by atoms with Gasteiger partial charge in [0, 0.05) is 31.8 Å². The minimum atomic E-state index is -1.26. The molecule has 8 nitrogen and oxygen atoms in total. The number of benzene rings is 2. The summed E-state index contributed by atoms with van der Waals surface area (Å²) >= 11 is 1.76. The average Bonchev–Trinajstić information content (AvgIpc) is 3.30. The Labute approximate surface area is 209 Å². The number of methoxy groups -OCH3 is 1. The van der Waals surface area contributed by atoms with E-state index in [4.69, 9.17) is 19.9 Å². The van der Waals surface area contributed by atoms with Crippen molar-refractivity contribution in [1.29, 1.82) is 0 Å². The summed E-state index contributed by atoms with van der Waals surface area (Å²) in [5.74, 6) is -1.62. The summed E-state index contributed by atoms with van der Waals surface area (Å²) in [6.07, 6.45) is 5.16. The zero-order chi connectivity index (χ0) is 25.0. The summed E-state index contributed by atoms with van der Waals surface area (Å²) < 4.78 is 6.55. The van der Waals surface area contributed by atoms with Crippen LogP contribution in [-0.2, 0) is 16.1 Å². The van der Waals surface area contributed by atoms with E-state index in [2.05, 4.69) is 52.3 Å². The molecule has 9 heteroatoms. The van der Waals surface area contributed by atoms with Crippen molar-refractivity contribution in [3.63, 3.8) is 0 Å². The molecular formula is C26H31N3O5S. The number of rotatable bonds is 9. The summed E-state index contributed by atoms with van der Waals surface area (Å²) in [7, 11) is 1.71. The van der Waals surface area contributed by atoms with Gasteiger partial charge in [0.1, 0.15) is 5.75 Å². The van der Waals surface area contributed by atoms with Gasteiger partial charge >= 0.3 is 11.9 Å². The molecule has 1 aromatic heterocycles. The van der Waals surface area contributed by atoms with Crippen LogP contribution < -0.4 is 9.64 Å². The van der Waals surface area contributed by atoms with E-state index in [1.165, 1.54) is 42.6 Å². The molecule has 2 N–H and O–H groups in total. The normalized spacial score (nSPS) is 13.9. The summed E-state index contributed by atoms with van der Waals surface area (Å²) in [6, 6.07) is 16.8. The monoisotopic (exact) mass is 497 g/mol. The molecule has 0 unspecified atom stereocenters. The Morgan fingerprint density at radius 1 is 1.06 bits per heavy atom. The first-order valence-corrected chi connectivity index (χ1v) is 12.4. The molecule has 1 aliphatic rings. The highest BCUT2D eigenvalue weighted by Gasteiger charge is 2.16. The van der Waals surface area contributed by atoms with Crippen LogP contribution in [0.5, 0.6) is 5.75 Å². The Kier molecular flexibility index (Phi) is 10.1. The number of carboxylic acids is 2. The minimum Gasteiger partial charge on any atom is -0.497 e. The molecule has 0 aliphatic carbocycles. The lowest BCUT2D eigenvalue weighted by atomic mass is 10.1. The first-order chi connectivity index (χ1) is 16.9. The van der Waals surface area contributed by atoms with Gasteiger partial charge < -0.3 is 24.7 Å². The lowest BCUT2D eigenvalue weighted by Crippen LogP contribution is -2.37. The number of thiazole rings is 1. The second-order valence-corrected chi connectivity index (χ2v) is 9.16. The molecule has 0 atom stereocenters. The number of nitrogens with zero attached hydrogens (tertiary/aromatic N) is 3. The Morgan fingerprint density at radius 2 is 1.74 bits per heavy atom. The van der Waals surface area contributed by atoms with Crippen LogP contribution in [0.1, 0.15) is 24.8 Å². The lowest BCUT2D eigenvalue weighted by molar-refractivity contribution is -0.134. The van der Waals surface area contributed by atoms with E-state index in [0.717, 1.165) is 36.0 Å². The molecule has 1 saturated heterocycles. The Hall–Kier alpha value is -3.43. The van der Waals surface area contributed by atoms with Crippen molar-refractivity contribution in [2.24, 2.45) is 0 Å². The number of anilines is 1. The summed E-state index contributed by atoms with van der Waals surface area (Å²) in [6.45, 7) is 5.47. The van der Waals surface area contributed by atoms with E-state index in [-0.39, 0.29) is 0 Å². The standard InChI is InChI=1S/C22H27N3OS.C4H4O4/c1-26-19-10-11-20-21(16-19)27-22(23-20)25(17-18-8-4-2-5-9-18)15-14-24-12-6-3-7-13-24;5-3(6)1-2-4(7)8/h2,4-5,8-11,16H,3,6-7,12-15,17H2,1H3;1-2H,(H,5,6)(H,7,8)/b;2-1+. The predicted molar refractivity (Wildman–Crippen MR) is 138 cm³/mol. The van der Waals surface area contributed by atoms with Crippen molar-refractivity contribution in [3.8, 4) is 5.75 Å². The molecule has 0 bridgehead atoms. The van der Waals surface area contributed by atoms with Crippen LogP contribution in [0.2, 0.25) is 0 Å². The molecule has 3 aromatic rings. The summed E-state index contributed by atoms with van der Waals surface area (Å²) in [5, 5.41) is 16.7. The van der Waals surface area contributed by atoms with Crippen LogP contribution in [0.3, 0.4) is 0 Å². The Bertz CT molecular complexity index is 1110. The number of fused-ring (bicyclic) bond motifs is 1. The molecule has 1 aliphatic heterocycles. The highest BCUT2D eigenvalue weighted by Crippen LogP contribution is 2.32. The number of aromatic nitrogens is 1. The topological polar surface area (TPSA) is 103 Å². The fraction of sp³-hybridized carbons (Fsp3) is 0.346. The van der Waals surface area contributed by atoms with Crippen molar-refractivity contribution in [2.45, 2.75) is 25.8 Å². The van der Waals surface area contributed by atoms with Gasteiger partial charge in [0.05, 0.1) is 17.3 Å². The second-order valence-electron chi connectivity index (χ2n) is 8.15. The minimum absolute atomic E-state index is 0.558. The molecule has 2 heterocycles. The van der Waals surface area contributed by atoms with Crippen LogP contribution in [0.25, 0.3) is 10.2 Å². The number of carbonyl (C=O) groups is 2. The summed E-state index contributed by atoms with van der Waals surface area (Å²) in [4.78, 5) is 29.1. The van der Waals surface area contributed by atoms with Crippen LogP contribution in [0.4, 0.5) is 5.13 Å². The molecule has 0 spiro atoms. The van der Waals surface area contributed by atoms with Gasteiger partial charge in [-0.3, -0.25) is 0 Å². The van der Waals surface area contributed by atoms with Gasteiger partial charge in [0.15, 0.2) is 5.13 Å². The Balaban J connectivity index is 0.000000371. The van der Waals surface area contributed by atoms with Crippen molar-refractivity contribution in [1.82, 2.24) is 9.88 Å². The zero-order valence-electron chi connectivity index (χ0n) is 19.8. The van der Waals surface area contributed by atoms with E-state index in [0.29, 0.717) is 12.2 Å². The maximum atomic E-state index is 9.55. The Morgan fingerprint density at radius 3 is 2.37 bits per heavy atom. The number of likely N-dealkylation sites (tertiary alicyclic amines) is 1. The molecule has 4 rings (SSSR count). The van der Waals surface area contributed by atoms with E-state index < -0.39 is 11.9 Å². The molecule has 0 saturated carbocycles. The fourth-order valence-electron chi connectivity index (χ4n) is 3.79. The number of aliphatic carboxylic acids is 2. The highest BCUT2D eigenvalue weighted by atomic mass is 32.1. The molecule has 186 valence electrons. The number of hydrogen-bond acceptors (Lipinski definition) is 7. The van der Waals surface area contributed by atoms with Gasteiger partial charge in [-0.05, 0) is 49.7 Å². The molecule has 0 amide bonds. The van der Waals surface area contributed by atoms with Gasteiger partial charge in [0.25, 0.3) is 0 Å². The van der Waals surface area contributed by atoms with Crippen LogP contribution >= 0.6 is 11.3 Å². The van der Waals surface area contributed by atoms with Crippen molar-refractivity contribution >= 4 is 38.6 Å². The van der Waals surface area contributed by atoms with E-state index >= 15 is 0 Å². The zero-order valence-corrected chi connectivity index (χ0v) is 20.6. The van der Waals surface area contributed by atoms with Gasteiger partial charge in [-0.1, -0.05) is 48.1 Å². The average molecular weight is 498 g/mol. The molecule has 35 heavy (non-hydrogen) atoms. The third-order valence-electron chi connectivity index (χ3n) is 5.57. The first-order valence-electron chi connectivity index (χ1n) is 11.5. The number of carboxylic acid groups (broad SMARTS) is 2. The number of hydrogen-bond donors (Lipinski definition) is 2. The van der Waals surface area contributed by atoms with E-state index in [1.807, 2.05) is 6.07 Å². The maximum absolute atomic E-state index is 9.55. The molecular weight excluding hydrogens is 466 g/mol. The quantitative estimate of drug-likeness (QED) is 0.416. The van der Waals surface area contributed by atoms with Crippen LogP contribution in [-0.4, -0.2) is 65.3 Å². The van der Waals surface area contributed by atoms with Gasteiger partial charge in [0.2, 0.25) is 0 Å². The second kappa shape index (κ2) is 13.5. The van der Waals surface area contributed by atoms with Crippen molar-refractivity contribution < 1.29 is 24.5 Å². The third-order valence-corrected chi connectivity index (χ3v) is 6.65. The summed E-state index contributed by atoms with van der Waals surface area (Å²) in [5.41, 5.74) is 2.37. The molecule has 0 radical (unpaired) electrons. The highest BCUT2D eigenvalue weighted by molar-refractivity contribution is 7.22. The number of ether oxygens (including phenoxy) is 1. The van der Waals surface area contributed by atoms with Gasteiger partial charge in [-0.25, -0.2) is 14.6 Å². The van der Waals surface area contributed by atoms with E-state index in [1.54, 1.807) is 18.4 Å². The smallest absolute Gasteiger partial charge is 0.328 e. The lowest BCUT2D eigenvalue weighted by Gasteiger charge is -2.30. The van der Waals surface area contributed by atoms with Crippen molar-refractivity contribution in [3.05, 3.63) is 66.2 Å².